The Morgan fingerprint density at radius 3 is 2.76 bits per heavy atom. The van der Waals surface area contributed by atoms with E-state index in [4.69, 9.17) is 10.8 Å². The van der Waals surface area contributed by atoms with E-state index in [1.54, 1.807) is 24.3 Å². The molecule has 1 aliphatic carbocycles. The highest BCUT2D eigenvalue weighted by Gasteiger charge is 2.42. The molecule has 1 saturated carbocycles. The van der Waals surface area contributed by atoms with E-state index in [0.29, 0.717) is 13.0 Å². The molecule has 1 aromatic carbocycles. The van der Waals surface area contributed by atoms with Crippen molar-refractivity contribution in [3.05, 3.63) is 35.4 Å². The first kappa shape index (κ1) is 15.5. The van der Waals surface area contributed by atoms with Crippen LogP contribution in [0.25, 0.3) is 0 Å². The molecule has 114 valence electrons. The van der Waals surface area contributed by atoms with Crippen LogP contribution >= 0.6 is 0 Å². The normalized spacial score (nSPS) is 24.8. The first-order valence-electron chi connectivity index (χ1n) is 7.30. The Balaban J connectivity index is 1.93. The van der Waals surface area contributed by atoms with Gasteiger partial charge in [-0.2, -0.15) is 0 Å². The van der Waals surface area contributed by atoms with E-state index >= 15 is 0 Å². The second-order valence-electron chi connectivity index (χ2n) is 5.88. The van der Waals surface area contributed by atoms with Gasteiger partial charge in [0, 0.05) is 12.6 Å². The van der Waals surface area contributed by atoms with E-state index in [1.807, 2.05) is 6.92 Å². The molecule has 5 heteroatoms. The quantitative estimate of drug-likeness (QED) is 0.767. The molecule has 0 spiro atoms. The van der Waals surface area contributed by atoms with Crippen LogP contribution in [0.5, 0.6) is 0 Å². The summed E-state index contributed by atoms with van der Waals surface area (Å²) in [5.41, 5.74) is 6.54. The molecule has 2 atom stereocenters. The molecule has 0 heterocycles. The molecule has 0 bridgehead atoms. The van der Waals surface area contributed by atoms with Crippen LogP contribution in [0.15, 0.2) is 24.3 Å². The summed E-state index contributed by atoms with van der Waals surface area (Å²) in [6, 6.07) is 6.76. The largest absolute Gasteiger partial charge is 0.478 e. The lowest BCUT2D eigenvalue weighted by Crippen LogP contribution is -2.47. The number of benzene rings is 1. The maximum atomic E-state index is 12.3. The molecule has 0 radical (unpaired) electrons. The minimum Gasteiger partial charge on any atom is -0.478 e. The minimum atomic E-state index is -0.943. The van der Waals surface area contributed by atoms with Gasteiger partial charge in [-0.15, -0.1) is 0 Å². The predicted molar refractivity (Wildman–Crippen MR) is 80.0 cm³/mol. The molecule has 4 N–H and O–H groups in total. The Bertz CT molecular complexity index is 544. The van der Waals surface area contributed by atoms with Crippen LogP contribution in [0.2, 0.25) is 0 Å². The zero-order chi connectivity index (χ0) is 15.5. The van der Waals surface area contributed by atoms with E-state index < -0.39 is 11.4 Å². The smallest absolute Gasteiger partial charge is 0.335 e. The summed E-state index contributed by atoms with van der Waals surface area (Å²) in [6.07, 6.45) is 3.17. The van der Waals surface area contributed by atoms with Crippen molar-refractivity contribution in [2.45, 2.75) is 38.6 Å². The van der Waals surface area contributed by atoms with Gasteiger partial charge in [-0.05, 0) is 37.8 Å². The average molecular weight is 290 g/mol. The SMILES string of the molecule is CC1(C(=O)NCCc2ccccc2C(=O)O)CCCC1N. The summed E-state index contributed by atoms with van der Waals surface area (Å²) in [7, 11) is 0. The van der Waals surface area contributed by atoms with Crippen LogP contribution in [0.4, 0.5) is 0 Å². The first-order chi connectivity index (χ1) is 9.95. The number of nitrogens with two attached hydrogens (primary N) is 1. The third kappa shape index (κ3) is 3.24. The number of hydrogen-bond acceptors (Lipinski definition) is 3. The number of hydrogen-bond donors (Lipinski definition) is 3. The summed E-state index contributed by atoms with van der Waals surface area (Å²) in [5, 5.41) is 12.0. The zero-order valence-electron chi connectivity index (χ0n) is 12.3. The summed E-state index contributed by atoms with van der Waals surface area (Å²) in [6.45, 7) is 2.33. The topological polar surface area (TPSA) is 92.4 Å². The first-order valence-corrected chi connectivity index (χ1v) is 7.30. The van der Waals surface area contributed by atoms with Gasteiger partial charge in [0.25, 0.3) is 0 Å². The molecule has 21 heavy (non-hydrogen) atoms. The second kappa shape index (κ2) is 6.26. The van der Waals surface area contributed by atoms with Crippen molar-refractivity contribution in [1.82, 2.24) is 5.32 Å². The number of carboxylic acids is 1. The fourth-order valence-electron chi connectivity index (χ4n) is 2.93. The fourth-order valence-corrected chi connectivity index (χ4v) is 2.93. The van der Waals surface area contributed by atoms with Crippen molar-refractivity contribution < 1.29 is 14.7 Å². The molecule has 2 rings (SSSR count). The monoisotopic (exact) mass is 290 g/mol. The van der Waals surface area contributed by atoms with Gasteiger partial charge in [-0.3, -0.25) is 4.79 Å². The standard InChI is InChI=1S/C16H22N2O3/c1-16(9-4-7-13(16)17)15(21)18-10-8-11-5-2-3-6-12(11)14(19)20/h2-3,5-6,13H,4,7-10,17H2,1H3,(H,18,21)(H,19,20). The number of carbonyl (C=O) groups is 2. The van der Waals surface area contributed by atoms with Gasteiger partial charge in [-0.25, -0.2) is 4.79 Å². The van der Waals surface area contributed by atoms with E-state index in [-0.39, 0.29) is 17.5 Å². The van der Waals surface area contributed by atoms with Crippen molar-refractivity contribution >= 4 is 11.9 Å². The maximum absolute atomic E-state index is 12.3. The summed E-state index contributed by atoms with van der Waals surface area (Å²) >= 11 is 0. The lowest BCUT2D eigenvalue weighted by atomic mass is 9.84. The van der Waals surface area contributed by atoms with Crippen molar-refractivity contribution in [3.63, 3.8) is 0 Å². The molecule has 1 aromatic rings. The number of nitrogens with one attached hydrogen (secondary N) is 1. The van der Waals surface area contributed by atoms with E-state index in [0.717, 1.165) is 24.8 Å². The lowest BCUT2D eigenvalue weighted by molar-refractivity contribution is -0.130. The van der Waals surface area contributed by atoms with Gasteiger partial charge >= 0.3 is 5.97 Å². The van der Waals surface area contributed by atoms with Crippen LogP contribution in [-0.2, 0) is 11.2 Å². The van der Waals surface area contributed by atoms with Gasteiger partial charge < -0.3 is 16.2 Å². The predicted octanol–water partition coefficient (Wildman–Crippen LogP) is 1.56. The van der Waals surface area contributed by atoms with Crippen molar-refractivity contribution in [2.24, 2.45) is 11.1 Å². The number of rotatable bonds is 5. The molecule has 1 amide bonds. The van der Waals surface area contributed by atoms with Crippen LogP contribution in [0.3, 0.4) is 0 Å². The van der Waals surface area contributed by atoms with Crippen molar-refractivity contribution in [2.75, 3.05) is 6.54 Å². The summed E-state index contributed by atoms with van der Waals surface area (Å²) in [5.74, 6) is -0.970. The summed E-state index contributed by atoms with van der Waals surface area (Å²) in [4.78, 5) is 23.4. The molecule has 0 aromatic heterocycles. The van der Waals surface area contributed by atoms with Gasteiger partial charge in [0.1, 0.15) is 0 Å². The van der Waals surface area contributed by atoms with Crippen molar-refractivity contribution in [1.29, 1.82) is 0 Å². The van der Waals surface area contributed by atoms with E-state index in [1.165, 1.54) is 0 Å². The van der Waals surface area contributed by atoms with Crippen LogP contribution < -0.4 is 11.1 Å². The van der Waals surface area contributed by atoms with E-state index in [9.17, 15) is 9.59 Å². The van der Waals surface area contributed by atoms with Gasteiger partial charge in [0.15, 0.2) is 0 Å². The molecule has 1 fully saturated rings. The number of aromatic carboxylic acids is 1. The molecule has 1 aliphatic rings. The Hall–Kier alpha value is -1.88. The Morgan fingerprint density at radius 1 is 1.43 bits per heavy atom. The molecule has 0 saturated heterocycles. The lowest BCUT2D eigenvalue weighted by Gasteiger charge is -2.27. The van der Waals surface area contributed by atoms with Gasteiger partial charge in [0.05, 0.1) is 11.0 Å². The zero-order valence-corrected chi connectivity index (χ0v) is 12.3. The summed E-state index contributed by atoms with van der Waals surface area (Å²) < 4.78 is 0. The third-order valence-corrected chi connectivity index (χ3v) is 4.48. The maximum Gasteiger partial charge on any atom is 0.335 e. The second-order valence-corrected chi connectivity index (χ2v) is 5.88. The van der Waals surface area contributed by atoms with Crippen LogP contribution in [0.1, 0.15) is 42.1 Å². The third-order valence-electron chi connectivity index (χ3n) is 4.48. The molecule has 5 nitrogen and oxygen atoms in total. The molecule has 0 aliphatic heterocycles. The fraction of sp³-hybridized carbons (Fsp3) is 0.500. The number of carboxylic acid groups (broad SMARTS) is 1. The highest BCUT2D eigenvalue weighted by atomic mass is 16.4. The number of carbonyl (C=O) groups excluding carboxylic acids is 1. The molecular formula is C16H22N2O3. The van der Waals surface area contributed by atoms with Gasteiger partial charge in [0.2, 0.25) is 5.91 Å². The average Bonchev–Trinajstić information content (AvgIpc) is 2.80. The van der Waals surface area contributed by atoms with Crippen LogP contribution in [0, 0.1) is 5.41 Å². The highest BCUT2D eigenvalue weighted by Crippen LogP contribution is 2.36. The van der Waals surface area contributed by atoms with Crippen LogP contribution in [-0.4, -0.2) is 29.6 Å². The Morgan fingerprint density at radius 2 is 2.14 bits per heavy atom. The Labute approximate surface area is 124 Å². The van der Waals surface area contributed by atoms with Gasteiger partial charge in [-0.1, -0.05) is 24.6 Å². The highest BCUT2D eigenvalue weighted by molar-refractivity contribution is 5.89. The van der Waals surface area contributed by atoms with E-state index in [2.05, 4.69) is 5.32 Å². The van der Waals surface area contributed by atoms with Crippen molar-refractivity contribution in [3.8, 4) is 0 Å². The minimum absolute atomic E-state index is 0.0275. The molecular weight excluding hydrogens is 268 g/mol. The number of amides is 1. The molecule has 2 unspecified atom stereocenters. The Kier molecular flexibility index (Phi) is 4.63.